The van der Waals surface area contributed by atoms with E-state index in [2.05, 4.69) is 52.0 Å². The van der Waals surface area contributed by atoms with Crippen molar-refractivity contribution in [2.24, 2.45) is 0 Å². The minimum Gasteiger partial charge on any atom is -0.493 e. The monoisotopic (exact) mass is 290 g/mol. The van der Waals surface area contributed by atoms with Gasteiger partial charge in [-0.05, 0) is 23.5 Å². The molecule has 0 aromatic heterocycles. The van der Waals surface area contributed by atoms with E-state index in [1.54, 1.807) is 0 Å². The third kappa shape index (κ3) is 7.55. The SMILES string of the molecule is CCCCCCCCCCOc1ccccc1C(C)(C)C. The van der Waals surface area contributed by atoms with Gasteiger partial charge in [-0.25, -0.2) is 0 Å². The third-order valence-corrected chi connectivity index (χ3v) is 3.95. The predicted molar refractivity (Wildman–Crippen MR) is 93.2 cm³/mol. The Bertz CT molecular complexity index is 376. The zero-order valence-electron chi connectivity index (χ0n) is 14.6. The van der Waals surface area contributed by atoms with Gasteiger partial charge in [0.25, 0.3) is 0 Å². The summed E-state index contributed by atoms with van der Waals surface area (Å²) in [7, 11) is 0. The first-order chi connectivity index (χ1) is 10.1. The van der Waals surface area contributed by atoms with Gasteiger partial charge in [-0.1, -0.05) is 90.8 Å². The van der Waals surface area contributed by atoms with E-state index in [0.29, 0.717) is 0 Å². The van der Waals surface area contributed by atoms with Crippen LogP contribution in [0.25, 0.3) is 0 Å². The van der Waals surface area contributed by atoms with Crippen molar-refractivity contribution >= 4 is 0 Å². The maximum absolute atomic E-state index is 6.01. The van der Waals surface area contributed by atoms with Crippen LogP contribution in [0.4, 0.5) is 0 Å². The first-order valence-corrected chi connectivity index (χ1v) is 8.78. The van der Waals surface area contributed by atoms with Crippen LogP contribution in [-0.2, 0) is 5.41 Å². The molecular weight excluding hydrogens is 256 g/mol. The molecule has 0 aliphatic carbocycles. The van der Waals surface area contributed by atoms with Crippen molar-refractivity contribution in [1.29, 1.82) is 0 Å². The first kappa shape index (κ1) is 18.1. The van der Waals surface area contributed by atoms with E-state index >= 15 is 0 Å². The molecule has 0 aliphatic rings. The number of hydrogen-bond acceptors (Lipinski definition) is 1. The van der Waals surface area contributed by atoms with Crippen LogP contribution in [0.1, 0.15) is 84.6 Å². The maximum atomic E-state index is 6.01. The average Bonchev–Trinajstić information content (AvgIpc) is 2.45. The smallest absolute Gasteiger partial charge is 0.123 e. The summed E-state index contributed by atoms with van der Waals surface area (Å²) in [4.78, 5) is 0. The van der Waals surface area contributed by atoms with Crippen molar-refractivity contribution in [2.45, 2.75) is 84.5 Å². The van der Waals surface area contributed by atoms with Gasteiger partial charge >= 0.3 is 0 Å². The fourth-order valence-corrected chi connectivity index (χ4v) is 2.63. The molecule has 0 bridgehead atoms. The van der Waals surface area contributed by atoms with Gasteiger partial charge in [0.1, 0.15) is 5.75 Å². The lowest BCUT2D eigenvalue weighted by molar-refractivity contribution is 0.296. The van der Waals surface area contributed by atoms with E-state index in [4.69, 9.17) is 4.74 Å². The summed E-state index contributed by atoms with van der Waals surface area (Å²) in [5.74, 6) is 1.06. The van der Waals surface area contributed by atoms with Gasteiger partial charge in [0.05, 0.1) is 6.61 Å². The molecule has 0 unspecified atom stereocenters. The highest BCUT2D eigenvalue weighted by molar-refractivity contribution is 5.38. The van der Waals surface area contributed by atoms with E-state index in [1.165, 1.54) is 56.9 Å². The summed E-state index contributed by atoms with van der Waals surface area (Å²) in [5.41, 5.74) is 1.46. The summed E-state index contributed by atoms with van der Waals surface area (Å²) in [6, 6.07) is 8.45. The fraction of sp³-hybridized carbons (Fsp3) is 0.700. The highest BCUT2D eigenvalue weighted by Crippen LogP contribution is 2.31. The van der Waals surface area contributed by atoms with Gasteiger partial charge in [0.15, 0.2) is 0 Å². The summed E-state index contributed by atoms with van der Waals surface area (Å²) in [6.45, 7) is 9.84. The topological polar surface area (TPSA) is 9.23 Å². The first-order valence-electron chi connectivity index (χ1n) is 8.78. The van der Waals surface area contributed by atoms with Crippen molar-refractivity contribution < 1.29 is 4.74 Å². The van der Waals surface area contributed by atoms with E-state index < -0.39 is 0 Å². The second-order valence-corrected chi connectivity index (χ2v) is 7.07. The van der Waals surface area contributed by atoms with E-state index in [0.717, 1.165) is 12.4 Å². The van der Waals surface area contributed by atoms with Crippen LogP contribution in [0.2, 0.25) is 0 Å². The molecule has 0 fully saturated rings. The molecule has 0 saturated carbocycles. The average molecular weight is 290 g/mol. The molecule has 0 N–H and O–H groups in total. The van der Waals surface area contributed by atoms with Crippen molar-refractivity contribution in [2.75, 3.05) is 6.61 Å². The molecule has 1 nitrogen and oxygen atoms in total. The number of ether oxygens (including phenoxy) is 1. The highest BCUT2D eigenvalue weighted by atomic mass is 16.5. The van der Waals surface area contributed by atoms with Crippen LogP contribution in [0.5, 0.6) is 5.75 Å². The maximum Gasteiger partial charge on any atom is 0.123 e. The highest BCUT2D eigenvalue weighted by Gasteiger charge is 2.17. The van der Waals surface area contributed by atoms with Crippen LogP contribution in [-0.4, -0.2) is 6.61 Å². The number of unbranched alkanes of at least 4 members (excludes halogenated alkanes) is 7. The molecule has 0 aliphatic heterocycles. The Morgan fingerprint density at radius 1 is 0.810 bits per heavy atom. The molecule has 1 heteroatoms. The molecular formula is C20H34O. The van der Waals surface area contributed by atoms with Crippen molar-refractivity contribution in [3.05, 3.63) is 29.8 Å². The minimum absolute atomic E-state index is 0.149. The lowest BCUT2D eigenvalue weighted by Gasteiger charge is -2.22. The van der Waals surface area contributed by atoms with Crippen LogP contribution in [0, 0.1) is 0 Å². The van der Waals surface area contributed by atoms with Crippen LogP contribution < -0.4 is 4.74 Å². The van der Waals surface area contributed by atoms with Crippen LogP contribution in [0.15, 0.2) is 24.3 Å². The lowest BCUT2D eigenvalue weighted by Crippen LogP contribution is -2.13. The largest absolute Gasteiger partial charge is 0.493 e. The summed E-state index contributed by atoms with van der Waals surface area (Å²) >= 11 is 0. The summed E-state index contributed by atoms with van der Waals surface area (Å²) in [6.07, 6.45) is 10.8. The Morgan fingerprint density at radius 3 is 2.00 bits per heavy atom. The molecule has 0 spiro atoms. The molecule has 1 aromatic carbocycles. The Morgan fingerprint density at radius 2 is 1.38 bits per heavy atom. The molecule has 120 valence electrons. The van der Waals surface area contributed by atoms with Crippen molar-refractivity contribution in [3.63, 3.8) is 0 Å². The van der Waals surface area contributed by atoms with Gasteiger partial charge in [-0.3, -0.25) is 0 Å². The quantitative estimate of drug-likeness (QED) is 0.447. The van der Waals surface area contributed by atoms with Gasteiger partial charge in [0, 0.05) is 0 Å². The summed E-state index contributed by atoms with van der Waals surface area (Å²) in [5, 5.41) is 0. The molecule has 1 rings (SSSR count). The van der Waals surface area contributed by atoms with Crippen LogP contribution in [0.3, 0.4) is 0 Å². The molecule has 0 amide bonds. The lowest BCUT2D eigenvalue weighted by atomic mass is 9.86. The Balaban J connectivity index is 2.19. The zero-order chi connectivity index (χ0) is 15.6. The standard InChI is InChI=1S/C20H34O/c1-5-6-7-8-9-10-11-14-17-21-19-16-13-12-15-18(19)20(2,3)4/h12-13,15-16H,5-11,14,17H2,1-4H3. The van der Waals surface area contributed by atoms with Gasteiger partial charge in [-0.15, -0.1) is 0 Å². The van der Waals surface area contributed by atoms with Gasteiger partial charge in [0.2, 0.25) is 0 Å². The Hall–Kier alpha value is -0.980. The Labute approximate surface area is 132 Å². The molecule has 0 saturated heterocycles. The second-order valence-electron chi connectivity index (χ2n) is 7.07. The fourth-order valence-electron chi connectivity index (χ4n) is 2.63. The minimum atomic E-state index is 0.149. The molecule has 0 radical (unpaired) electrons. The number of para-hydroxylation sites is 1. The number of rotatable bonds is 10. The number of hydrogen-bond donors (Lipinski definition) is 0. The normalized spacial score (nSPS) is 11.6. The number of benzene rings is 1. The summed E-state index contributed by atoms with van der Waals surface area (Å²) < 4.78 is 6.01. The molecule has 0 heterocycles. The van der Waals surface area contributed by atoms with E-state index in [1.807, 2.05) is 0 Å². The Kier molecular flexibility index (Phi) is 8.49. The van der Waals surface area contributed by atoms with Gasteiger partial charge in [-0.2, -0.15) is 0 Å². The van der Waals surface area contributed by atoms with E-state index in [9.17, 15) is 0 Å². The van der Waals surface area contributed by atoms with Gasteiger partial charge < -0.3 is 4.74 Å². The zero-order valence-corrected chi connectivity index (χ0v) is 14.6. The van der Waals surface area contributed by atoms with E-state index in [-0.39, 0.29) is 5.41 Å². The predicted octanol–water partition coefficient (Wildman–Crippen LogP) is 6.50. The van der Waals surface area contributed by atoms with Crippen molar-refractivity contribution in [1.82, 2.24) is 0 Å². The van der Waals surface area contributed by atoms with Crippen molar-refractivity contribution in [3.8, 4) is 5.75 Å². The van der Waals surface area contributed by atoms with Crippen LogP contribution >= 0.6 is 0 Å². The molecule has 21 heavy (non-hydrogen) atoms. The second kappa shape index (κ2) is 9.87. The molecule has 0 atom stereocenters. The third-order valence-electron chi connectivity index (χ3n) is 3.95. The molecule has 1 aromatic rings.